The van der Waals surface area contributed by atoms with Crippen LogP contribution in [0.15, 0.2) is 29.8 Å². The van der Waals surface area contributed by atoms with Crippen LogP contribution >= 0.6 is 11.3 Å². The van der Waals surface area contributed by atoms with Gasteiger partial charge in [0, 0.05) is 19.0 Å². The molecule has 0 amide bonds. The van der Waals surface area contributed by atoms with Crippen LogP contribution in [0.5, 0.6) is 11.5 Å². The van der Waals surface area contributed by atoms with E-state index in [0.29, 0.717) is 36.3 Å². The molecule has 0 atom stereocenters. The average Bonchev–Trinajstić information content (AvgIpc) is 3.15. The zero-order valence-electron chi connectivity index (χ0n) is 12.8. The lowest BCUT2D eigenvalue weighted by molar-refractivity contribution is -0.389. The van der Waals surface area contributed by atoms with Gasteiger partial charge in [-0.2, -0.15) is 9.38 Å². The lowest BCUT2D eigenvalue weighted by atomic mass is 10.2. The monoisotopic (exact) mass is 346 g/mol. The Morgan fingerprint density at radius 2 is 2.17 bits per heavy atom. The first-order valence-electron chi connectivity index (χ1n) is 7.33. The molecule has 0 bridgehead atoms. The Morgan fingerprint density at radius 3 is 2.96 bits per heavy atom. The molecule has 0 aliphatic carbocycles. The molecule has 1 aromatic carbocycles. The Morgan fingerprint density at radius 1 is 1.38 bits per heavy atom. The van der Waals surface area contributed by atoms with Crippen molar-refractivity contribution in [1.82, 2.24) is 9.38 Å². The Labute approximate surface area is 141 Å². The molecule has 9 heteroatoms. The zero-order chi connectivity index (χ0) is 16.7. The van der Waals surface area contributed by atoms with Gasteiger partial charge in [0.25, 0.3) is 4.96 Å². The van der Waals surface area contributed by atoms with Crippen LogP contribution in [0.3, 0.4) is 0 Å². The predicted molar refractivity (Wildman–Crippen MR) is 89.3 cm³/mol. The van der Waals surface area contributed by atoms with Crippen LogP contribution in [-0.2, 0) is 6.54 Å². The van der Waals surface area contributed by atoms with Gasteiger partial charge in [-0.15, -0.1) is 0 Å². The number of ether oxygens (including phenoxy) is 2. The number of hydrogen-bond acceptors (Lipinski definition) is 7. The molecule has 0 radical (unpaired) electrons. The van der Waals surface area contributed by atoms with Gasteiger partial charge in [-0.1, -0.05) is 17.4 Å². The maximum absolute atomic E-state index is 11.4. The molecule has 0 unspecified atom stereocenters. The van der Waals surface area contributed by atoms with Gasteiger partial charge in [-0.25, -0.2) is 0 Å². The number of nitro groups is 1. The van der Waals surface area contributed by atoms with Crippen molar-refractivity contribution in [1.29, 1.82) is 0 Å². The van der Waals surface area contributed by atoms with E-state index in [1.165, 1.54) is 15.7 Å². The van der Waals surface area contributed by atoms with Crippen LogP contribution in [0.25, 0.3) is 4.96 Å². The summed E-state index contributed by atoms with van der Waals surface area (Å²) >= 11 is 1.37. The van der Waals surface area contributed by atoms with Crippen LogP contribution in [0.4, 0.5) is 11.6 Å². The standard InChI is InChI=1S/C15H14N4O4S/c1-17(9-10-2-3-11-12(8-10)23-6-5-22-11)13-14(19(20)21)18-4-7-24-15(18)16-13/h2-4,7-8H,5-6,9H2,1H3. The summed E-state index contributed by atoms with van der Waals surface area (Å²) < 4.78 is 12.6. The molecule has 124 valence electrons. The van der Waals surface area contributed by atoms with E-state index in [9.17, 15) is 10.1 Å². The molecule has 0 spiro atoms. The van der Waals surface area contributed by atoms with Gasteiger partial charge in [-0.05, 0) is 22.6 Å². The number of benzene rings is 1. The Bertz CT molecular complexity index is 919. The molecular formula is C15H14N4O4S. The Hall–Kier alpha value is -2.81. The summed E-state index contributed by atoms with van der Waals surface area (Å²) in [6.07, 6.45) is 1.66. The summed E-state index contributed by atoms with van der Waals surface area (Å²) in [4.78, 5) is 17.8. The van der Waals surface area contributed by atoms with Crippen molar-refractivity contribution in [2.24, 2.45) is 0 Å². The van der Waals surface area contributed by atoms with E-state index in [1.54, 1.807) is 23.5 Å². The summed E-state index contributed by atoms with van der Waals surface area (Å²) in [5.74, 6) is 1.75. The fraction of sp³-hybridized carbons (Fsp3) is 0.267. The summed E-state index contributed by atoms with van der Waals surface area (Å²) in [6, 6.07) is 5.68. The fourth-order valence-electron chi connectivity index (χ4n) is 2.72. The molecule has 0 saturated carbocycles. The average molecular weight is 346 g/mol. The number of imidazole rings is 1. The highest BCUT2D eigenvalue weighted by Gasteiger charge is 2.26. The smallest absolute Gasteiger partial charge is 0.373 e. The van der Waals surface area contributed by atoms with Gasteiger partial charge in [0.1, 0.15) is 19.4 Å². The van der Waals surface area contributed by atoms with Crippen LogP contribution in [-0.4, -0.2) is 34.6 Å². The second kappa shape index (κ2) is 5.68. The number of thiazole rings is 1. The summed E-state index contributed by atoms with van der Waals surface area (Å²) in [5, 5.41) is 13.2. The predicted octanol–water partition coefficient (Wildman–Crippen LogP) is 2.71. The highest BCUT2D eigenvalue weighted by Crippen LogP contribution is 2.33. The van der Waals surface area contributed by atoms with E-state index in [1.807, 2.05) is 18.2 Å². The van der Waals surface area contributed by atoms with Crippen molar-refractivity contribution >= 4 is 27.9 Å². The van der Waals surface area contributed by atoms with Crippen molar-refractivity contribution in [3.05, 3.63) is 45.5 Å². The molecule has 24 heavy (non-hydrogen) atoms. The highest BCUT2D eigenvalue weighted by atomic mass is 32.1. The van der Waals surface area contributed by atoms with Crippen molar-refractivity contribution in [2.45, 2.75) is 6.54 Å². The van der Waals surface area contributed by atoms with Gasteiger partial charge >= 0.3 is 5.82 Å². The molecule has 1 aliphatic rings. The number of rotatable bonds is 4. The summed E-state index contributed by atoms with van der Waals surface area (Å²) in [7, 11) is 1.79. The van der Waals surface area contributed by atoms with Crippen LogP contribution < -0.4 is 14.4 Å². The van der Waals surface area contributed by atoms with Crippen LogP contribution in [0, 0.1) is 10.1 Å². The number of anilines is 1. The number of fused-ring (bicyclic) bond motifs is 2. The maximum atomic E-state index is 11.4. The SMILES string of the molecule is CN(Cc1ccc2c(c1)OCCO2)c1nc2sccn2c1[N+](=O)[O-]. The second-order valence-corrected chi connectivity index (χ2v) is 6.28. The summed E-state index contributed by atoms with van der Waals surface area (Å²) in [6.45, 7) is 1.54. The third-order valence-electron chi connectivity index (χ3n) is 3.78. The van der Waals surface area contributed by atoms with Gasteiger partial charge in [0.05, 0.1) is 0 Å². The van der Waals surface area contributed by atoms with Gasteiger partial charge in [0.15, 0.2) is 11.5 Å². The normalized spacial score (nSPS) is 13.2. The first-order chi connectivity index (χ1) is 11.6. The maximum Gasteiger partial charge on any atom is 0.373 e. The number of hydrogen-bond donors (Lipinski definition) is 0. The van der Waals surface area contributed by atoms with Gasteiger partial charge in [0.2, 0.25) is 5.82 Å². The lowest BCUT2D eigenvalue weighted by Gasteiger charge is -2.21. The molecular weight excluding hydrogens is 332 g/mol. The molecule has 1 aliphatic heterocycles. The van der Waals surface area contributed by atoms with E-state index in [2.05, 4.69) is 4.98 Å². The van der Waals surface area contributed by atoms with E-state index in [-0.39, 0.29) is 5.82 Å². The molecule has 2 aromatic heterocycles. The summed E-state index contributed by atoms with van der Waals surface area (Å²) in [5.41, 5.74) is 0.965. The molecule has 3 heterocycles. The van der Waals surface area contributed by atoms with Crippen LogP contribution in [0.2, 0.25) is 0 Å². The molecule has 0 saturated heterocycles. The molecule has 8 nitrogen and oxygen atoms in total. The fourth-order valence-corrected chi connectivity index (χ4v) is 3.43. The molecule has 0 fully saturated rings. The molecule has 4 rings (SSSR count). The Kier molecular flexibility index (Phi) is 3.49. The topological polar surface area (TPSA) is 82.1 Å². The van der Waals surface area contributed by atoms with Crippen molar-refractivity contribution in [3.8, 4) is 11.5 Å². The minimum absolute atomic E-state index is 0.0220. The van der Waals surface area contributed by atoms with Crippen molar-refractivity contribution in [3.63, 3.8) is 0 Å². The first kappa shape index (κ1) is 14.8. The van der Waals surface area contributed by atoms with E-state index >= 15 is 0 Å². The Balaban J connectivity index is 1.64. The highest BCUT2D eigenvalue weighted by molar-refractivity contribution is 7.15. The van der Waals surface area contributed by atoms with Gasteiger partial charge in [-0.3, -0.25) is 0 Å². The minimum Gasteiger partial charge on any atom is -0.486 e. The molecule has 3 aromatic rings. The minimum atomic E-state index is -0.400. The van der Waals surface area contributed by atoms with E-state index in [4.69, 9.17) is 9.47 Å². The van der Waals surface area contributed by atoms with Crippen LogP contribution in [0.1, 0.15) is 5.56 Å². The third kappa shape index (κ3) is 2.42. The largest absolute Gasteiger partial charge is 0.486 e. The first-order valence-corrected chi connectivity index (χ1v) is 8.21. The van der Waals surface area contributed by atoms with Crippen molar-refractivity contribution in [2.75, 3.05) is 25.2 Å². The number of aromatic nitrogens is 2. The van der Waals surface area contributed by atoms with Gasteiger partial charge < -0.3 is 24.5 Å². The second-order valence-electron chi connectivity index (χ2n) is 5.41. The zero-order valence-corrected chi connectivity index (χ0v) is 13.7. The molecule has 0 N–H and O–H groups in total. The van der Waals surface area contributed by atoms with E-state index < -0.39 is 4.92 Å². The number of nitrogens with zero attached hydrogens (tertiary/aromatic N) is 4. The quantitative estimate of drug-likeness (QED) is 0.534. The van der Waals surface area contributed by atoms with Crippen molar-refractivity contribution < 1.29 is 14.4 Å². The third-order valence-corrected chi connectivity index (χ3v) is 4.54. The van der Waals surface area contributed by atoms with E-state index in [0.717, 1.165) is 11.3 Å². The lowest BCUT2D eigenvalue weighted by Crippen LogP contribution is -2.19.